The third kappa shape index (κ3) is 9.56. The number of hydrogen-bond acceptors (Lipinski definition) is 2. The molecule has 0 aliphatic carbocycles. The lowest BCUT2D eigenvalue weighted by atomic mass is 9.94. The van der Waals surface area contributed by atoms with E-state index in [0.717, 1.165) is 13.0 Å². The van der Waals surface area contributed by atoms with Gasteiger partial charge in [0.2, 0.25) is 0 Å². The van der Waals surface area contributed by atoms with Crippen LogP contribution in [0, 0.1) is 5.41 Å². The first-order chi connectivity index (χ1) is 9.87. The van der Waals surface area contributed by atoms with Gasteiger partial charge in [0, 0.05) is 6.04 Å². The maximum absolute atomic E-state index is 10.7. The van der Waals surface area contributed by atoms with E-state index >= 15 is 0 Å². The van der Waals surface area contributed by atoms with Crippen molar-refractivity contribution >= 4 is 11.1 Å². The summed E-state index contributed by atoms with van der Waals surface area (Å²) in [6, 6.07) is 10.6. The molecule has 1 aromatic rings. The molecule has 3 nitrogen and oxygen atoms in total. The molecule has 2 N–H and O–H groups in total. The van der Waals surface area contributed by atoms with Gasteiger partial charge in [0.05, 0.1) is 5.75 Å². The number of nitrogens with one attached hydrogen (secondary N) is 1. The minimum Gasteiger partial charge on any atom is -0.310 e. The summed E-state index contributed by atoms with van der Waals surface area (Å²) in [5.41, 5.74) is 1.45. The molecule has 21 heavy (non-hydrogen) atoms. The minimum atomic E-state index is -1.69. The first-order valence-electron chi connectivity index (χ1n) is 7.41. The van der Waals surface area contributed by atoms with Crippen LogP contribution in [-0.2, 0) is 17.5 Å². The predicted molar refractivity (Wildman–Crippen MR) is 90.8 cm³/mol. The van der Waals surface area contributed by atoms with Crippen molar-refractivity contribution in [3.05, 3.63) is 48.0 Å². The molecular formula is C17H27NO2S. The molecule has 0 saturated carbocycles. The Kier molecular flexibility index (Phi) is 7.86. The summed E-state index contributed by atoms with van der Waals surface area (Å²) < 4.78 is 19.5. The topological polar surface area (TPSA) is 49.3 Å². The van der Waals surface area contributed by atoms with Crippen LogP contribution in [0.5, 0.6) is 0 Å². The molecule has 0 saturated heterocycles. The fraction of sp³-hybridized carbons (Fsp3) is 0.529. The fourth-order valence-electron chi connectivity index (χ4n) is 1.96. The van der Waals surface area contributed by atoms with E-state index in [9.17, 15) is 4.21 Å². The highest BCUT2D eigenvalue weighted by Gasteiger charge is 2.09. The lowest BCUT2D eigenvalue weighted by Crippen LogP contribution is -2.31. The SMILES string of the molecule is CC(C)(C)/C=C/C(Cc1ccccc1)NCCCS(=O)O. The molecule has 0 aliphatic rings. The maximum Gasteiger partial charge on any atom is 0.152 e. The van der Waals surface area contributed by atoms with Crippen molar-refractivity contribution in [1.29, 1.82) is 0 Å². The lowest BCUT2D eigenvalue weighted by molar-refractivity contribution is 0.526. The van der Waals surface area contributed by atoms with E-state index in [-0.39, 0.29) is 11.5 Å². The zero-order valence-corrected chi connectivity index (χ0v) is 14.0. The molecule has 1 aromatic carbocycles. The molecular weight excluding hydrogens is 282 g/mol. The first-order valence-corrected chi connectivity index (χ1v) is 8.68. The van der Waals surface area contributed by atoms with Crippen LogP contribution in [0.15, 0.2) is 42.5 Å². The summed E-state index contributed by atoms with van der Waals surface area (Å²) in [5.74, 6) is 0.327. The summed E-state index contributed by atoms with van der Waals surface area (Å²) in [7, 11) is 0. The van der Waals surface area contributed by atoms with Crippen LogP contribution < -0.4 is 5.32 Å². The Labute approximate surface area is 131 Å². The Morgan fingerprint density at radius 2 is 1.95 bits per heavy atom. The molecule has 0 radical (unpaired) electrons. The van der Waals surface area contributed by atoms with Gasteiger partial charge in [-0.15, -0.1) is 0 Å². The second-order valence-corrected chi connectivity index (χ2v) is 7.41. The van der Waals surface area contributed by atoms with E-state index in [1.807, 2.05) is 6.07 Å². The van der Waals surface area contributed by atoms with Gasteiger partial charge >= 0.3 is 0 Å². The highest BCUT2D eigenvalue weighted by molar-refractivity contribution is 7.79. The Balaban J connectivity index is 2.57. The molecule has 0 aromatic heterocycles. The maximum atomic E-state index is 10.7. The number of allylic oxidation sites excluding steroid dienone is 1. The molecule has 2 atom stereocenters. The van der Waals surface area contributed by atoms with Gasteiger partial charge in [0.25, 0.3) is 0 Å². The zero-order chi connectivity index (χ0) is 15.7. The molecule has 0 fully saturated rings. The molecule has 0 aliphatic heterocycles. The number of rotatable bonds is 8. The van der Waals surface area contributed by atoms with Crippen LogP contribution >= 0.6 is 0 Å². The van der Waals surface area contributed by atoms with Crippen LogP contribution in [0.2, 0.25) is 0 Å². The summed E-state index contributed by atoms with van der Waals surface area (Å²) in [4.78, 5) is 0. The summed E-state index contributed by atoms with van der Waals surface area (Å²) in [6.07, 6.45) is 6.06. The first kappa shape index (κ1) is 18.1. The smallest absolute Gasteiger partial charge is 0.152 e. The van der Waals surface area contributed by atoms with Gasteiger partial charge in [-0.3, -0.25) is 0 Å². The van der Waals surface area contributed by atoms with Gasteiger partial charge in [-0.2, -0.15) is 0 Å². The van der Waals surface area contributed by atoms with Crippen molar-refractivity contribution < 1.29 is 8.76 Å². The standard InChI is InChI=1S/C17H27NO2S/c1-17(2,3)11-10-16(18-12-7-13-21(19)20)14-15-8-5-4-6-9-15/h4-6,8-11,16,18H,7,12-14H2,1-3H3,(H,19,20)/b11-10+. The van der Waals surface area contributed by atoms with Crippen molar-refractivity contribution in [3.8, 4) is 0 Å². The van der Waals surface area contributed by atoms with Crippen LogP contribution in [0.3, 0.4) is 0 Å². The molecule has 1 rings (SSSR count). The van der Waals surface area contributed by atoms with Gasteiger partial charge in [0.1, 0.15) is 0 Å². The van der Waals surface area contributed by atoms with E-state index in [1.54, 1.807) is 0 Å². The van der Waals surface area contributed by atoms with Gasteiger partial charge in [-0.1, -0.05) is 63.3 Å². The van der Waals surface area contributed by atoms with E-state index in [1.165, 1.54) is 5.56 Å². The quantitative estimate of drug-likeness (QED) is 0.439. The van der Waals surface area contributed by atoms with Crippen molar-refractivity contribution in [3.63, 3.8) is 0 Å². The number of hydrogen-bond donors (Lipinski definition) is 2. The minimum absolute atomic E-state index is 0.156. The van der Waals surface area contributed by atoms with Crippen molar-refractivity contribution in [2.75, 3.05) is 12.3 Å². The molecule has 4 heteroatoms. The Morgan fingerprint density at radius 1 is 1.29 bits per heavy atom. The van der Waals surface area contributed by atoms with Crippen LogP contribution in [-0.4, -0.2) is 27.1 Å². The molecule has 2 unspecified atom stereocenters. The van der Waals surface area contributed by atoms with E-state index < -0.39 is 11.1 Å². The Bertz CT molecular complexity index is 452. The van der Waals surface area contributed by atoms with E-state index in [0.29, 0.717) is 12.2 Å². The molecule has 118 valence electrons. The van der Waals surface area contributed by atoms with Gasteiger partial charge in [-0.25, -0.2) is 4.21 Å². The monoisotopic (exact) mass is 309 g/mol. The van der Waals surface area contributed by atoms with Gasteiger partial charge < -0.3 is 9.87 Å². The third-order valence-electron chi connectivity index (χ3n) is 3.03. The molecule has 0 heterocycles. The van der Waals surface area contributed by atoms with E-state index in [4.69, 9.17) is 4.55 Å². The van der Waals surface area contributed by atoms with Gasteiger partial charge in [-0.05, 0) is 30.4 Å². The Hall–Kier alpha value is -0.970. The third-order valence-corrected chi connectivity index (χ3v) is 3.67. The highest BCUT2D eigenvalue weighted by atomic mass is 32.2. The van der Waals surface area contributed by atoms with Crippen molar-refractivity contribution in [2.45, 2.75) is 39.7 Å². The molecule has 0 spiro atoms. The van der Waals surface area contributed by atoms with Crippen LogP contribution in [0.1, 0.15) is 32.8 Å². The second-order valence-electron chi connectivity index (χ2n) is 6.35. The lowest BCUT2D eigenvalue weighted by Gasteiger charge is -2.18. The predicted octanol–water partition coefficient (Wildman–Crippen LogP) is 3.40. The van der Waals surface area contributed by atoms with E-state index in [2.05, 4.69) is 62.5 Å². The molecule has 0 bridgehead atoms. The number of benzene rings is 1. The summed E-state index contributed by atoms with van der Waals surface area (Å²) in [5, 5.41) is 3.46. The van der Waals surface area contributed by atoms with Crippen molar-refractivity contribution in [1.82, 2.24) is 5.32 Å². The van der Waals surface area contributed by atoms with Crippen LogP contribution in [0.25, 0.3) is 0 Å². The largest absolute Gasteiger partial charge is 0.310 e. The molecule has 0 amide bonds. The highest BCUT2D eigenvalue weighted by Crippen LogP contribution is 2.15. The Morgan fingerprint density at radius 3 is 2.52 bits per heavy atom. The average Bonchev–Trinajstić information content (AvgIpc) is 2.40. The average molecular weight is 309 g/mol. The summed E-state index contributed by atoms with van der Waals surface area (Å²) in [6.45, 7) is 7.28. The van der Waals surface area contributed by atoms with Crippen molar-refractivity contribution in [2.24, 2.45) is 5.41 Å². The van der Waals surface area contributed by atoms with Crippen LogP contribution in [0.4, 0.5) is 0 Å². The second kappa shape index (κ2) is 9.13. The summed E-state index contributed by atoms with van der Waals surface area (Å²) >= 11 is -1.69. The fourth-order valence-corrected chi connectivity index (χ4v) is 2.36. The van der Waals surface area contributed by atoms with Gasteiger partial charge in [0.15, 0.2) is 11.1 Å². The normalized spacial score (nSPS) is 15.2. The zero-order valence-electron chi connectivity index (χ0n) is 13.2.